The molecule has 0 radical (unpaired) electrons. The number of hydrogen-bond acceptors (Lipinski definition) is 6. The lowest BCUT2D eigenvalue weighted by Gasteiger charge is -2.18. The van der Waals surface area contributed by atoms with Gasteiger partial charge in [-0.1, -0.05) is 24.6 Å². The number of nitrogens with zero attached hydrogens (tertiary/aromatic N) is 1. The van der Waals surface area contributed by atoms with Crippen molar-refractivity contribution in [2.45, 2.75) is 13.3 Å². The fourth-order valence-corrected chi connectivity index (χ4v) is 3.95. The maximum absolute atomic E-state index is 12.7. The van der Waals surface area contributed by atoms with E-state index < -0.39 is 0 Å². The van der Waals surface area contributed by atoms with Crippen molar-refractivity contribution in [3.05, 3.63) is 70.7 Å². The van der Waals surface area contributed by atoms with Crippen LogP contribution in [0.2, 0.25) is 5.02 Å². The van der Waals surface area contributed by atoms with Crippen LogP contribution in [0.1, 0.15) is 22.8 Å². The molecule has 4 aromatic rings. The van der Waals surface area contributed by atoms with Crippen LogP contribution in [-0.4, -0.2) is 29.2 Å². The molecule has 0 spiro atoms. The Morgan fingerprint density at radius 3 is 2.71 bits per heavy atom. The van der Waals surface area contributed by atoms with E-state index in [9.17, 15) is 4.79 Å². The molecule has 0 atom stereocenters. The number of anilines is 1. The summed E-state index contributed by atoms with van der Waals surface area (Å²) >= 11 is 11.7. The third-order valence-corrected chi connectivity index (χ3v) is 5.89. The van der Waals surface area contributed by atoms with E-state index in [-0.39, 0.29) is 11.0 Å². The van der Waals surface area contributed by atoms with Gasteiger partial charge < -0.3 is 19.2 Å². The first-order valence-electron chi connectivity index (χ1n) is 10.7. The number of fused-ring (bicyclic) bond motifs is 2. The van der Waals surface area contributed by atoms with Gasteiger partial charge in [0.25, 0.3) is 5.91 Å². The number of thiocarbonyl (C=S) groups is 1. The monoisotopic (exact) mass is 493 g/mol. The lowest BCUT2D eigenvalue weighted by molar-refractivity contribution is 0.0976. The van der Waals surface area contributed by atoms with Gasteiger partial charge in [0.05, 0.1) is 10.7 Å². The van der Waals surface area contributed by atoms with E-state index in [2.05, 4.69) is 22.5 Å². The van der Waals surface area contributed by atoms with Gasteiger partial charge in [0.2, 0.25) is 5.89 Å². The third-order valence-electron chi connectivity index (χ3n) is 5.35. The Morgan fingerprint density at radius 2 is 1.88 bits per heavy atom. The van der Waals surface area contributed by atoms with Crippen molar-refractivity contribution in [2.24, 2.45) is 0 Å². The van der Waals surface area contributed by atoms with Crippen LogP contribution in [0, 0.1) is 0 Å². The fraction of sp³-hybridized carbons (Fsp3) is 0.160. The predicted octanol–water partition coefficient (Wildman–Crippen LogP) is 5.61. The van der Waals surface area contributed by atoms with Gasteiger partial charge >= 0.3 is 0 Å². The van der Waals surface area contributed by atoms with Gasteiger partial charge in [-0.3, -0.25) is 10.1 Å². The van der Waals surface area contributed by atoms with Crippen LogP contribution in [0.3, 0.4) is 0 Å². The Hall–Kier alpha value is -3.62. The van der Waals surface area contributed by atoms with Crippen LogP contribution in [0.4, 0.5) is 5.69 Å². The summed E-state index contributed by atoms with van der Waals surface area (Å²) in [6.07, 6.45) is 0.919. The highest BCUT2D eigenvalue weighted by Gasteiger charge is 2.17. The Bertz CT molecular complexity index is 1420. The Labute approximate surface area is 206 Å². The summed E-state index contributed by atoms with van der Waals surface area (Å²) < 4.78 is 16.9. The molecule has 3 aromatic carbocycles. The molecule has 34 heavy (non-hydrogen) atoms. The predicted molar refractivity (Wildman–Crippen MR) is 135 cm³/mol. The van der Waals surface area contributed by atoms with Crippen LogP contribution >= 0.6 is 23.8 Å². The molecule has 1 aliphatic rings. The molecule has 0 bridgehead atoms. The van der Waals surface area contributed by atoms with Crippen molar-refractivity contribution in [2.75, 3.05) is 18.5 Å². The number of carbonyl (C=O) groups excluding carboxylic acids is 1. The SMILES string of the molecule is CCc1ccc2oc(-c3ccc(Cl)c(NC(=S)NC(=O)c4ccc5c(c4)OCCO5)c3)nc2c1. The average Bonchev–Trinajstić information content (AvgIpc) is 3.28. The zero-order chi connectivity index (χ0) is 23.7. The number of aromatic nitrogens is 1. The first-order valence-corrected chi connectivity index (χ1v) is 11.5. The molecular formula is C25H20ClN3O4S. The zero-order valence-corrected chi connectivity index (χ0v) is 19.8. The number of carbonyl (C=O) groups is 1. The second kappa shape index (κ2) is 9.32. The molecule has 0 saturated heterocycles. The van der Waals surface area contributed by atoms with Gasteiger partial charge in [0.15, 0.2) is 22.2 Å². The fourth-order valence-electron chi connectivity index (χ4n) is 3.58. The summed E-state index contributed by atoms with van der Waals surface area (Å²) in [5.74, 6) is 1.22. The molecule has 7 nitrogen and oxygen atoms in total. The molecule has 1 aliphatic heterocycles. The molecular weight excluding hydrogens is 474 g/mol. The summed E-state index contributed by atoms with van der Waals surface area (Å²) in [6.45, 7) is 3.01. The van der Waals surface area contributed by atoms with Crippen LogP contribution in [0.25, 0.3) is 22.6 Å². The van der Waals surface area contributed by atoms with Gasteiger partial charge in [-0.2, -0.15) is 0 Å². The van der Waals surface area contributed by atoms with Crippen LogP contribution in [0.5, 0.6) is 11.5 Å². The molecule has 0 saturated carbocycles. The number of oxazole rings is 1. The van der Waals surface area contributed by atoms with Crippen molar-refractivity contribution in [3.8, 4) is 23.0 Å². The molecule has 0 aliphatic carbocycles. The molecule has 9 heteroatoms. The van der Waals surface area contributed by atoms with Crippen molar-refractivity contribution in [1.29, 1.82) is 0 Å². The summed E-state index contributed by atoms with van der Waals surface area (Å²) in [5.41, 5.74) is 4.32. The summed E-state index contributed by atoms with van der Waals surface area (Å²) in [5, 5.41) is 6.17. The highest BCUT2D eigenvalue weighted by Crippen LogP contribution is 2.32. The first-order chi connectivity index (χ1) is 16.5. The van der Waals surface area contributed by atoms with E-state index in [1.807, 2.05) is 24.3 Å². The number of ether oxygens (including phenoxy) is 2. The minimum atomic E-state index is -0.382. The van der Waals surface area contributed by atoms with Gasteiger partial charge in [-0.15, -0.1) is 0 Å². The van der Waals surface area contributed by atoms with E-state index in [1.165, 1.54) is 5.56 Å². The average molecular weight is 494 g/mol. The van der Waals surface area contributed by atoms with Crippen LogP contribution in [0.15, 0.2) is 59.0 Å². The molecule has 1 aromatic heterocycles. The number of rotatable bonds is 4. The molecule has 2 N–H and O–H groups in total. The normalized spacial score (nSPS) is 12.4. The van der Waals surface area contributed by atoms with Gasteiger partial charge in [-0.05, 0) is 72.7 Å². The topological polar surface area (TPSA) is 85.6 Å². The zero-order valence-electron chi connectivity index (χ0n) is 18.2. The number of nitrogens with one attached hydrogen (secondary N) is 2. The number of amides is 1. The second-order valence-corrected chi connectivity index (χ2v) is 8.45. The Morgan fingerprint density at radius 1 is 1.06 bits per heavy atom. The maximum Gasteiger partial charge on any atom is 0.257 e. The smallest absolute Gasteiger partial charge is 0.257 e. The number of aryl methyl sites for hydroxylation is 1. The molecule has 172 valence electrons. The van der Waals surface area contributed by atoms with Crippen molar-refractivity contribution < 1.29 is 18.7 Å². The van der Waals surface area contributed by atoms with Crippen molar-refractivity contribution in [1.82, 2.24) is 10.3 Å². The van der Waals surface area contributed by atoms with Crippen LogP contribution < -0.4 is 20.1 Å². The lowest BCUT2D eigenvalue weighted by atomic mass is 10.1. The van der Waals surface area contributed by atoms with Gasteiger partial charge in [0, 0.05) is 11.1 Å². The molecule has 0 unspecified atom stereocenters. The van der Waals surface area contributed by atoms with Crippen LogP contribution in [-0.2, 0) is 6.42 Å². The molecule has 5 rings (SSSR count). The largest absolute Gasteiger partial charge is 0.486 e. The summed E-state index contributed by atoms with van der Waals surface area (Å²) in [6, 6.07) is 16.2. The standard InChI is InChI=1S/C25H20ClN3O4S/c1-2-14-3-7-20-19(11-14)27-24(33-20)16-4-6-17(26)18(12-16)28-25(34)29-23(30)15-5-8-21-22(13-15)32-10-9-31-21/h3-8,11-13H,2,9-10H2,1H3,(H2,28,29,30,34). The highest BCUT2D eigenvalue weighted by molar-refractivity contribution is 7.80. The summed E-state index contributed by atoms with van der Waals surface area (Å²) in [4.78, 5) is 17.3. The third kappa shape index (κ3) is 4.55. The van der Waals surface area contributed by atoms with E-state index in [0.717, 1.165) is 17.5 Å². The first kappa shape index (κ1) is 22.2. The second-order valence-electron chi connectivity index (χ2n) is 7.64. The number of halogens is 1. The van der Waals surface area contributed by atoms with E-state index in [1.54, 1.807) is 30.3 Å². The highest BCUT2D eigenvalue weighted by atomic mass is 35.5. The number of benzene rings is 3. The van der Waals surface area contributed by atoms with E-state index >= 15 is 0 Å². The Balaban J connectivity index is 1.32. The maximum atomic E-state index is 12.7. The van der Waals surface area contributed by atoms with E-state index in [4.69, 9.17) is 37.7 Å². The van der Waals surface area contributed by atoms with Gasteiger partial charge in [0.1, 0.15) is 18.7 Å². The quantitative estimate of drug-likeness (QED) is 0.357. The van der Waals surface area contributed by atoms with Gasteiger partial charge in [-0.25, -0.2) is 4.98 Å². The minimum absolute atomic E-state index is 0.101. The molecule has 2 heterocycles. The Kier molecular flexibility index (Phi) is 6.08. The van der Waals surface area contributed by atoms with Crippen molar-refractivity contribution >= 4 is 51.6 Å². The molecule has 1 amide bonds. The molecule has 0 fully saturated rings. The minimum Gasteiger partial charge on any atom is -0.486 e. The number of hydrogen-bond donors (Lipinski definition) is 2. The lowest BCUT2D eigenvalue weighted by Crippen LogP contribution is -2.34. The van der Waals surface area contributed by atoms with Crippen molar-refractivity contribution in [3.63, 3.8) is 0 Å². The summed E-state index contributed by atoms with van der Waals surface area (Å²) in [7, 11) is 0. The van der Waals surface area contributed by atoms with E-state index in [0.29, 0.717) is 52.5 Å².